The molecule has 1 aliphatic heterocycles. The van der Waals surface area contributed by atoms with E-state index < -0.39 is 5.97 Å². The maximum atomic E-state index is 12.5. The number of amides is 1. The van der Waals surface area contributed by atoms with E-state index in [2.05, 4.69) is 11.2 Å². The molecule has 1 amide bonds. The number of fused-ring (bicyclic) bond motifs is 1. The Labute approximate surface area is 172 Å². The molecule has 0 saturated carbocycles. The van der Waals surface area contributed by atoms with Crippen molar-refractivity contribution in [2.24, 2.45) is 0 Å². The van der Waals surface area contributed by atoms with Crippen molar-refractivity contribution in [3.05, 3.63) is 69.9 Å². The first-order valence-electron chi connectivity index (χ1n) is 9.00. The second-order valence-electron chi connectivity index (χ2n) is 6.58. The van der Waals surface area contributed by atoms with Crippen LogP contribution < -0.4 is 10.1 Å². The van der Waals surface area contributed by atoms with Crippen LogP contribution in [0.2, 0.25) is 0 Å². The Kier molecular flexibility index (Phi) is 5.07. The number of carboxylic acids is 1. The lowest BCUT2D eigenvalue weighted by Gasteiger charge is -2.24. The van der Waals surface area contributed by atoms with E-state index >= 15 is 0 Å². The molecule has 6 heteroatoms. The number of rotatable bonds is 5. The van der Waals surface area contributed by atoms with Crippen LogP contribution in [0.15, 0.2) is 54.6 Å². The molecule has 0 bridgehead atoms. The van der Waals surface area contributed by atoms with Crippen LogP contribution in [0.1, 0.15) is 32.5 Å². The van der Waals surface area contributed by atoms with Gasteiger partial charge in [0.1, 0.15) is 17.2 Å². The largest absolute Gasteiger partial charge is 0.481 e. The van der Waals surface area contributed by atoms with Gasteiger partial charge in [-0.1, -0.05) is 48.4 Å². The fraction of sp³-hybridized carbons (Fsp3) is 0.130. The molecule has 2 aromatic carbocycles. The zero-order valence-corrected chi connectivity index (χ0v) is 16.2. The second kappa shape index (κ2) is 7.82. The first kappa shape index (κ1) is 18.8. The maximum Gasteiger partial charge on any atom is 0.346 e. The summed E-state index contributed by atoms with van der Waals surface area (Å²) in [6, 6.07) is 16.7. The Morgan fingerprint density at radius 1 is 1.21 bits per heavy atom. The predicted molar refractivity (Wildman–Crippen MR) is 113 cm³/mol. The first-order chi connectivity index (χ1) is 14.1. The molecule has 0 aliphatic carbocycles. The van der Waals surface area contributed by atoms with Crippen LogP contribution in [0.4, 0.5) is 5.69 Å². The highest BCUT2D eigenvalue weighted by Gasteiger charge is 2.34. The van der Waals surface area contributed by atoms with Gasteiger partial charge >= 0.3 is 5.97 Å². The highest BCUT2D eigenvalue weighted by Crippen LogP contribution is 2.49. The normalized spacial score (nSPS) is 15.1. The Balaban J connectivity index is 1.81. The molecule has 3 aromatic rings. The standard InChI is InChI=1S/C23H17NO4S/c1-2-12-28-16-10-8-14(9-11-16)17-13-18(25)24-20-19(15-6-4-3-5-7-15)22(23(26)27)29-21(17)20/h1,3-11,17H,12-13H2,(H,24,25)(H,26,27)/t17-/m1/s1. The topological polar surface area (TPSA) is 75.6 Å². The summed E-state index contributed by atoms with van der Waals surface area (Å²) in [4.78, 5) is 25.5. The van der Waals surface area contributed by atoms with E-state index in [0.29, 0.717) is 17.0 Å². The smallest absolute Gasteiger partial charge is 0.346 e. The third-order valence-electron chi connectivity index (χ3n) is 4.77. The van der Waals surface area contributed by atoms with E-state index in [1.165, 1.54) is 11.3 Å². The molecule has 2 heterocycles. The van der Waals surface area contributed by atoms with Crippen molar-refractivity contribution >= 4 is 28.9 Å². The number of thiophene rings is 1. The van der Waals surface area contributed by atoms with Gasteiger partial charge < -0.3 is 15.2 Å². The number of benzene rings is 2. The third kappa shape index (κ3) is 3.60. The van der Waals surface area contributed by atoms with Crippen molar-refractivity contribution in [1.29, 1.82) is 0 Å². The number of carbonyl (C=O) groups excluding carboxylic acids is 1. The van der Waals surface area contributed by atoms with E-state index in [9.17, 15) is 14.7 Å². The van der Waals surface area contributed by atoms with Gasteiger partial charge in [0.25, 0.3) is 0 Å². The number of hydrogen-bond donors (Lipinski definition) is 2. The van der Waals surface area contributed by atoms with Gasteiger partial charge in [0.15, 0.2) is 0 Å². The van der Waals surface area contributed by atoms with Crippen molar-refractivity contribution < 1.29 is 19.4 Å². The molecule has 1 aliphatic rings. The molecule has 0 unspecified atom stereocenters. The lowest BCUT2D eigenvalue weighted by atomic mass is 9.88. The zero-order chi connectivity index (χ0) is 20.4. The van der Waals surface area contributed by atoms with Gasteiger partial charge in [-0.15, -0.1) is 17.8 Å². The maximum absolute atomic E-state index is 12.5. The van der Waals surface area contributed by atoms with Crippen LogP contribution in [0.3, 0.4) is 0 Å². The van der Waals surface area contributed by atoms with Gasteiger partial charge in [-0.25, -0.2) is 4.79 Å². The molecule has 1 atom stereocenters. The summed E-state index contributed by atoms with van der Waals surface area (Å²) in [5, 5.41) is 12.7. The average molecular weight is 403 g/mol. The Hall–Kier alpha value is -3.56. The number of nitrogens with one attached hydrogen (secondary N) is 1. The van der Waals surface area contributed by atoms with Crippen molar-refractivity contribution in [2.45, 2.75) is 12.3 Å². The quantitative estimate of drug-likeness (QED) is 0.611. The second-order valence-corrected chi connectivity index (χ2v) is 7.64. The van der Waals surface area contributed by atoms with Crippen molar-refractivity contribution in [2.75, 3.05) is 11.9 Å². The zero-order valence-electron chi connectivity index (χ0n) is 15.3. The molecule has 0 saturated heterocycles. The van der Waals surface area contributed by atoms with Gasteiger partial charge in [0.2, 0.25) is 5.91 Å². The summed E-state index contributed by atoms with van der Waals surface area (Å²) in [6.45, 7) is 0.183. The van der Waals surface area contributed by atoms with E-state index in [1.807, 2.05) is 54.6 Å². The van der Waals surface area contributed by atoms with E-state index in [4.69, 9.17) is 11.2 Å². The molecule has 144 valence electrons. The monoisotopic (exact) mass is 403 g/mol. The van der Waals surface area contributed by atoms with Gasteiger partial charge in [-0.05, 0) is 23.3 Å². The lowest BCUT2D eigenvalue weighted by Crippen LogP contribution is -2.22. The Bertz CT molecular complexity index is 1110. The molecule has 4 rings (SSSR count). The number of anilines is 1. The summed E-state index contributed by atoms with van der Waals surface area (Å²) >= 11 is 1.22. The molecule has 1 aromatic heterocycles. The summed E-state index contributed by atoms with van der Waals surface area (Å²) in [6.07, 6.45) is 5.47. The summed E-state index contributed by atoms with van der Waals surface area (Å²) < 4.78 is 5.41. The van der Waals surface area contributed by atoms with E-state index in [0.717, 1.165) is 16.0 Å². The van der Waals surface area contributed by atoms with Crippen molar-refractivity contribution in [3.8, 4) is 29.2 Å². The molecule has 29 heavy (non-hydrogen) atoms. The highest BCUT2D eigenvalue weighted by molar-refractivity contribution is 7.15. The minimum atomic E-state index is -1.01. The molecule has 0 fully saturated rings. The van der Waals surface area contributed by atoms with Gasteiger partial charge in [0.05, 0.1) is 5.69 Å². The van der Waals surface area contributed by atoms with Crippen LogP contribution in [0, 0.1) is 12.3 Å². The molecule has 2 N–H and O–H groups in total. The third-order valence-corrected chi connectivity index (χ3v) is 6.06. The molecule has 0 spiro atoms. The van der Waals surface area contributed by atoms with Gasteiger partial charge in [-0.2, -0.15) is 0 Å². The molecule has 5 nitrogen and oxygen atoms in total. The molecular formula is C23H17NO4S. The molecule has 0 radical (unpaired) electrons. The summed E-state index contributed by atoms with van der Waals surface area (Å²) in [5.74, 6) is 1.70. The Morgan fingerprint density at radius 3 is 2.59 bits per heavy atom. The number of aromatic carboxylic acids is 1. The van der Waals surface area contributed by atoms with Crippen LogP contribution >= 0.6 is 11.3 Å². The Morgan fingerprint density at radius 2 is 1.93 bits per heavy atom. The number of ether oxygens (including phenoxy) is 1. The van der Waals surface area contributed by atoms with Crippen molar-refractivity contribution in [1.82, 2.24) is 0 Å². The van der Waals surface area contributed by atoms with E-state index in [1.54, 1.807) is 0 Å². The lowest BCUT2D eigenvalue weighted by molar-refractivity contribution is -0.116. The van der Waals surface area contributed by atoms with Crippen LogP contribution in [0.5, 0.6) is 5.75 Å². The number of carboxylic acid groups (broad SMARTS) is 1. The van der Waals surface area contributed by atoms with Crippen LogP contribution in [0.25, 0.3) is 11.1 Å². The summed E-state index contributed by atoms with van der Waals surface area (Å²) in [5.41, 5.74) is 2.84. The van der Waals surface area contributed by atoms with Crippen LogP contribution in [-0.2, 0) is 4.79 Å². The fourth-order valence-corrected chi connectivity index (χ4v) is 4.75. The predicted octanol–water partition coefficient (Wildman–Crippen LogP) is 4.60. The summed E-state index contributed by atoms with van der Waals surface area (Å²) in [7, 11) is 0. The van der Waals surface area contributed by atoms with Crippen LogP contribution in [-0.4, -0.2) is 23.6 Å². The minimum Gasteiger partial charge on any atom is -0.481 e. The number of carbonyl (C=O) groups is 2. The van der Waals surface area contributed by atoms with Gasteiger partial charge in [-0.3, -0.25) is 4.79 Å². The minimum absolute atomic E-state index is 0.137. The highest BCUT2D eigenvalue weighted by atomic mass is 32.1. The van der Waals surface area contributed by atoms with Crippen molar-refractivity contribution in [3.63, 3.8) is 0 Å². The molecular weight excluding hydrogens is 386 g/mol. The van der Waals surface area contributed by atoms with E-state index in [-0.39, 0.29) is 29.7 Å². The fourth-order valence-electron chi connectivity index (χ4n) is 3.51. The SMILES string of the molecule is C#CCOc1ccc([C@H]2CC(=O)Nc3c2sc(C(=O)O)c3-c2ccccc2)cc1. The van der Waals surface area contributed by atoms with Gasteiger partial charge in [0, 0.05) is 22.8 Å². The first-order valence-corrected chi connectivity index (χ1v) is 9.81. The average Bonchev–Trinajstić information content (AvgIpc) is 3.12. The number of terminal acetylenes is 1. The number of hydrogen-bond acceptors (Lipinski definition) is 4.